The normalized spacial score (nSPS) is 20.5. The molecule has 3 rings (SSSR count). The third-order valence-electron chi connectivity index (χ3n) is 4.23. The number of rotatable bonds is 5. The molecule has 1 aromatic heterocycles. The first-order valence-electron chi connectivity index (χ1n) is 8.19. The van der Waals surface area contributed by atoms with Crippen LogP contribution in [0, 0.1) is 0 Å². The van der Waals surface area contributed by atoms with Gasteiger partial charge in [-0.1, -0.05) is 26.0 Å². The lowest BCUT2D eigenvalue weighted by molar-refractivity contribution is -0.131. The van der Waals surface area contributed by atoms with Gasteiger partial charge >= 0.3 is 0 Å². The molecular formula is C18H23N3O2S. The van der Waals surface area contributed by atoms with Gasteiger partial charge in [0.25, 0.3) is 5.91 Å². The van der Waals surface area contributed by atoms with Crippen molar-refractivity contribution in [2.45, 2.75) is 38.3 Å². The minimum Gasteiger partial charge on any atom is -0.379 e. The van der Waals surface area contributed by atoms with Crippen molar-refractivity contribution in [3.63, 3.8) is 0 Å². The van der Waals surface area contributed by atoms with Crippen LogP contribution in [0.1, 0.15) is 37.6 Å². The second-order valence-corrected chi connectivity index (χ2v) is 7.66. The van der Waals surface area contributed by atoms with Crippen molar-refractivity contribution >= 4 is 23.4 Å². The zero-order valence-corrected chi connectivity index (χ0v) is 14.8. The fourth-order valence-corrected chi connectivity index (χ4v) is 4.12. The van der Waals surface area contributed by atoms with Gasteiger partial charge in [-0.25, -0.2) is 4.98 Å². The SMILES string of the molecule is CC(C)c1nccn1Cc1cccc(NC(=O)C2(O)CCSC2)c1. The van der Waals surface area contributed by atoms with Crippen molar-refractivity contribution < 1.29 is 9.90 Å². The molecule has 1 amide bonds. The Bertz CT molecular complexity index is 721. The second-order valence-electron chi connectivity index (χ2n) is 6.56. The number of thioether (sulfide) groups is 1. The van der Waals surface area contributed by atoms with Crippen LogP contribution in [0.15, 0.2) is 36.7 Å². The van der Waals surface area contributed by atoms with E-state index >= 15 is 0 Å². The van der Waals surface area contributed by atoms with Crippen LogP contribution in [0.4, 0.5) is 5.69 Å². The molecule has 1 aliphatic heterocycles. The molecule has 2 N–H and O–H groups in total. The summed E-state index contributed by atoms with van der Waals surface area (Å²) in [4.78, 5) is 16.7. The number of nitrogens with one attached hydrogen (secondary N) is 1. The Balaban J connectivity index is 1.72. The maximum Gasteiger partial charge on any atom is 0.257 e. The quantitative estimate of drug-likeness (QED) is 0.874. The lowest BCUT2D eigenvalue weighted by Crippen LogP contribution is -2.42. The van der Waals surface area contributed by atoms with Gasteiger partial charge in [0.2, 0.25) is 0 Å². The number of carbonyl (C=O) groups is 1. The first-order chi connectivity index (χ1) is 11.5. The average molecular weight is 345 g/mol. The standard InChI is InChI=1S/C18H23N3O2S/c1-13(2)16-19-7-8-21(16)11-14-4-3-5-15(10-14)20-17(22)18(23)6-9-24-12-18/h3-5,7-8,10,13,23H,6,9,11-12H2,1-2H3,(H,20,22). The first-order valence-corrected chi connectivity index (χ1v) is 9.35. The molecule has 1 aliphatic rings. The highest BCUT2D eigenvalue weighted by molar-refractivity contribution is 7.99. The van der Waals surface area contributed by atoms with Crippen LogP contribution >= 0.6 is 11.8 Å². The van der Waals surface area contributed by atoms with Crippen LogP contribution in [0.2, 0.25) is 0 Å². The summed E-state index contributed by atoms with van der Waals surface area (Å²) in [6.45, 7) is 4.95. The predicted octanol–water partition coefficient (Wildman–Crippen LogP) is 2.86. The monoisotopic (exact) mass is 345 g/mol. The highest BCUT2D eigenvalue weighted by Crippen LogP contribution is 2.29. The van der Waals surface area contributed by atoms with Crippen LogP contribution < -0.4 is 5.32 Å². The molecule has 1 fully saturated rings. The molecule has 1 atom stereocenters. The van der Waals surface area contributed by atoms with Gasteiger partial charge in [0.05, 0.1) is 0 Å². The summed E-state index contributed by atoms with van der Waals surface area (Å²) in [5, 5.41) is 13.2. The van der Waals surface area contributed by atoms with Crippen molar-refractivity contribution in [3.8, 4) is 0 Å². The van der Waals surface area contributed by atoms with E-state index in [4.69, 9.17) is 0 Å². The molecule has 0 radical (unpaired) electrons. The van der Waals surface area contributed by atoms with Crippen LogP contribution in [-0.4, -0.2) is 37.7 Å². The topological polar surface area (TPSA) is 67.2 Å². The third-order valence-corrected chi connectivity index (χ3v) is 5.40. The Morgan fingerprint density at radius 1 is 1.50 bits per heavy atom. The van der Waals surface area contributed by atoms with Gasteiger partial charge in [0, 0.05) is 36.3 Å². The van der Waals surface area contributed by atoms with E-state index in [1.165, 1.54) is 0 Å². The average Bonchev–Trinajstić information content (AvgIpc) is 3.17. The highest BCUT2D eigenvalue weighted by atomic mass is 32.2. The Hall–Kier alpha value is -1.79. The summed E-state index contributed by atoms with van der Waals surface area (Å²) >= 11 is 1.61. The van der Waals surface area contributed by atoms with E-state index in [9.17, 15) is 9.90 Å². The van der Waals surface area contributed by atoms with Crippen molar-refractivity contribution in [3.05, 3.63) is 48.0 Å². The van der Waals surface area contributed by atoms with E-state index in [2.05, 4.69) is 28.7 Å². The summed E-state index contributed by atoms with van der Waals surface area (Å²) in [6.07, 6.45) is 4.29. The zero-order valence-electron chi connectivity index (χ0n) is 14.0. The lowest BCUT2D eigenvalue weighted by Gasteiger charge is -2.20. The van der Waals surface area contributed by atoms with Gasteiger partial charge in [0.1, 0.15) is 5.82 Å². The van der Waals surface area contributed by atoms with E-state index in [0.29, 0.717) is 30.3 Å². The van der Waals surface area contributed by atoms with Crippen LogP contribution in [0.3, 0.4) is 0 Å². The van der Waals surface area contributed by atoms with Crippen molar-refractivity contribution in [1.29, 1.82) is 0 Å². The smallest absolute Gasteiger partial charge is 0.257 e. The fourth-order valence-electron chi connectivity index (χ4n) is 2.88. The number of anilines is 1. The van der Waals surface area contributed by atoms with E-state index < -0.39 is 5.60 Å². The first kappa shape index (κ1) is 17.0. The van der Waals surface area contributed by atoms with E-state index in [0.717, 1.165) is 17.1 Å². The van der Waals surface area contributed by atoms with Gasteiger partial charge in [0.15, 0.2) is 5.60 Å². The Morgan fingerprint density at radius 2 is 2.33 bits per heavy atom. The van der Waals surface area contributed by atoms with Crippen molar-refractivity contribution in [2.24, 2.45) is 0 Å². The molecule has 2 heterocycles. The molecule has 1 aromatic carbocycles. The number of hydrogen-bond donors (Lipinski definition) is 2. The van der Waals surface area contributed by atoms with Gasteiger partial charge in [-0.2, -0.15) is 11.8 Å². The van der Waals surface area contributed by atoms with Gasteiger partial charge in [-0.15, -0.1) is 0 Å². The molecular weight excluding hydrogens is 322 g/mol. The number of carbonyl (C=O) groups excluding carboxylic acids is 1. The summed E-state index contributed by atoms with van der Waals surface area (Å²) in [6, 6.07) is 7.75. The molecule has 1 unspecified atom stereocenters. The van der Waals surface area contributed by atoms with E-state index in [1.807, 2.05) is 36.7 Å². The fraction of sp³-hybridized carbons (Fsp3) is 0.444. The largest absolute Gasteiger partial charge is 0.379 e. The second kappa shape index (κ2) is 6.99. The maximum atomic E-state index is 12.3. The Kier molecular flexibility index (Phi) is 4.96. The Labute approximate surface area is 146 Å². The van der Waals surface area contributed by atoms with Gasteiger partial charge < -0.3 is 15.0 Å². The number of aromatic nitrogens is 2. The number of aliphatic hydroxyl groups is 1. The molecule has 6 heteroatoms. The minimum atomic E-state index is -1.24. The molecule has 2 aromatic rings. The van der Waals surface area contributed by atoms with Crippen LogP contribution in [0.5, 0.6) is 0 Å². The minimum absolute atomic E-state index is 0.310. The van der Waals surface area contributed by atoms with Gasteiger partial charge in [-0.3, -0.25) is 4.79 Å². The summed E-state index contributed by atoms with van der Waals surface area (Å²) in [5.41, 5.74) is 0.560. The molecule has 0 bridgehead atoms. The summed E-state index contributed by atoms with van der Waals surface area (Å²) in [5.74, 6) is 2.38. The molecule has 0 spiro atoms. The molecule has 0 saturated carbocycles. The molecule has 5 nitrogen and oxygen atoms in total. The summed E-state index contributed by atoms with van der Waals surface area (Å²) < 4.78 is 2.12. The van der Waals surface area contributed by atoms with Gasteiger partial charge in [-0.05, 0) is 29.9 Å². The number of hydrogen-bond acceptors (Lipinski definition) is 4. The predicted molar refractivity (Wildman–Crippen MR) is 97.4 cm³/mol. The zero-order chi connectivity index (χ0) is 17.2. The number of amides is 1. The maximum absolute atomic E-state index is 12.3. The van der Waals surface area contributed by atoms with Crippen LogP contribution in [-0.2, 0) is 11.3 Å². The molecule has 24 heavy (non-hydrogen) atoms. The number of imidazole rings is 1. The lowest BCUT2D eigenvalue weighted by atomic mass is 10.0. The van der Waals surface area contributed by atoms with E-state index in [-0.39, 0.29) is 5.91 Å². The molecule has 128 valence electrons. The third kappa shape index (κ3) is 3.65. The van der Waals surface area contributed by atoms with Crippen molar-refractivity contribution in [2.75, 3.05) is 16.8 Å². The Morgan fingerprint density at radius 3 is 3.04 bits per heavy atom. The van der Waals surface area contributed by atoms with E-state index in [1.54, 1.807) is 11.8 Å². The highest BCUT2D eigenvalue weighted by Gasteiger charge is 2.39. The van der Waals surface area contributed by atoms with Crippen LogP contribution in [0.25, 0.3) is 0 Å². The number of benzene rings is 1. The molecule has 1 saturated heterocycles. The van der Waals surface area contributed by atoms with Crippen molar-refractivity contribution in [1.82, 2.24) is 9.55 Å². The summed E-state index contributed by atoms with van der Waals surface area (Å²) in [7, 11) is 0. The molecule has 0 aliphatic carbocycles. The number of nitrogens with zero attached hydrogens (tertiary/aromatic N) is 2.